The number of rotatable bonds is 0. The topological polar surface area (TPSA) is 0 Å². The molecule has 0 aliphatic carbocycles. The molecular formula is HCl3Cu. The van der Waals surface area contributed by atoms with Crippen LogP contribution in [0.15, 0.2) is 0 Å². The van der Waals surface area contributed by atoms with E-state index in [0.29, 0.717) is 0 Å². The van der Waals surface area contributed by atoms with Crippen LogP contribution in [0.1, 0.15) is 0 Å². The van der Waals surface area contributed by atoms with Crippen molar-refractivity contribution in [1.82, 2.24) is 0 Å². The van der Waals surface area contributed by atoms with Crippen molar-refractivity contribution in [3.05, 3.63) is 0 Å². The van der Waals surface area contributed by atoms with Gasteiger partial charge in [-0.15, -0.1) is 12.4 Å². The molecular weight excluding hydrogens is 170 g/mol. The number of hydrogen-bond acceptors (Lipinski definition) is 0. The maximum Gasteiger partial charge on any atom is 2.00 e. The Morgan fingerprint density at radius 3 is 0.750 bits per heavy atom. The first-order valence-electron chi connectivity index (χ1n) is 0. The zero-order chi connectivity index (χ0) is 0. The van der Waals surface area contributed by atoms with Gasteiger partial charge in [-0.05, 0) is 0 Å². The van der Waals surface area contributed by atoms with Crippen LogP contribution in [0.4, 0.5) is 0 Å². The molecule has 0 spiro atoms. The standard InChI is InChI=1S/3ClH.Cu/h3*1H;/q;;;+2/p-2. The van der Waals surface area contributed by atoms with Gasteiger partial charge in [-0.1, -0.05) is 0 Å². The Bertz CT molecular complexity index is 3.25. The largest absolute Gasteiger partial charge is 2.00 e. The molecule has 0 heterocycles. The fourth-order valence-electron chi connectivity index (χ4n) is 0. The van der Waals surface area contributed by atoms with Crippen molar-refractivity contribution in [2.24, 2.45) is 0 Å². The molecule has 4 heteroatoms. The molecule has 0 saturated carbocycles. The Hall–Kier alpha value is 1.39. The maximum absolute atomic E-state index is 0. The summed E-state index contributed by atoms with van der Waals surface area (Å²) in [4.78, 5) is 0. The van der Waals surface area contributed by atoms with E-state index in [2.05, 4.69) is 0 Å². The van der Waals surface area contributed by atoms with Gasteiger partial charge in [0.25, 0.3) is 0 Å². The second-order valence-corrected chi connectivity index (χ2v) is 0. The molecule has 0 fully saturated rings. The fraction of sp³-hybridized carbons (Fsp3) is 0. The van der Waals surface area contributed by atoms with E-state index in [9.17, 15) is 0 Å². The van der Waals surface area contributed by atoms with Gasteiger partial charge in [-0.25, -0.2) is 0 Å². The number of hydrogen-bond donors (Lipinski definition) is 0. The third-order valence-corrected chi connectivity index (χ3v) is 0. The molecule has 0 N–H and O–H groups in total. The average molecular weight is 171 g/mol. The molecule has 0 bridgehead atoms. The summed E-state index contributed by atoms with van der Waals surface area (Å²) in [6.45, 7) is 0. The smallest absolute Gasteiger partial charge is 1.00 e. The molecule has 0 nitrogen and oxygen atoms in total. The third-order valence-electron chi connectivity index (χ3n) is 0. The maximum atomic E-state index is 0. The monoisotopic (exact) mass is 169 g/mol. The molecule has 0 saturated heterocycles. The van der Waals surface area contributed by atoms with E-state index in [4.69, 9.17) is 0 Å². The van der Waals surface area contributed by atoms with Gasteiger partial charge in [0, 0.05) is 0 Å². The Labute approximate surface area is 54.4 Å². The second-order valence-electron chi connectivity index (χ2n) is 0. The molecule has 4 heavy (non-hydrogen) atoms. The molecule has 0 aliphatic rings. The molecule has 0 aromatic carbocycles. The molecule has 1 radical (unpaired) electrons. The predicted molar refractivity (Wildman–Crippen MR) is 7.25 cm³/mol. The van der Waals surface area contributed by atoms with E-state index < -0.39 is 0 Å². The predicted octanol–water partition coefficient (Wildman–Crippen LogP) is -5.57. The Balaban J connectivity index is 0. The normalized spacial score (nSPS) is 0. The van der Waals surface area contributed by atoms with E-state index in [1.165, 1.54) is 0 Å². The van der Waals surface area contributed by atoms with Crippen LogP contribution >= 0.6 is 12.4 Å². The Kier molecular flexibility index (Phi) is 351. The Morgan fingerprint density at radius 2 is 0.750 bits per heavy atom. The second kappa shape index (κ2) is 26.1. The van der Waals surface area contributed by atoms with Crippen LogP contribution in [-0.4, -0.2) is 0 Å². The SMILES string of the molecule is Cl.[Cl-].[Cl-].[Cu+2]. The molecule has 0 aliphatic heterocycles. The molecule has 0 aromatic heterocycles. The van der Waals surface area contributed by atoms with E-state index in [-0.39, 0.29) is 54.3 Å². The zero-order valence-corrected chi connectivity index (χ0v) is 4.74. The van der Waals surface area contributed by atoms with Crippen LogP contribution in [0.25, 0.3) is 0 Å². The van der Waals surface area contributed by atoms with Crippen molar-refractivity contribution in [1.29, 1.82) is 0 Å². The van der Waals surface area contributed by atoms with E-state index in [1.807, 2.05) is 0 Å². The average Bonchev–Trinajstić information content (AvgIpc) is 0. The minimum atomic E-state index is 0. The van der Waals surface area contributed by atoms with Gasteiger partial charge in [0.05, 0.1) is 0 Å². The van der Waals surface area contributed by atoms with Crippen LogP contribution in [0, 0.1) is 0 Å². The molecule has 0 atom stereocenters. The van der Waals surface area contributed by atoms with Crippen LogP contribution < -0.4 is 24.8 Å². The van der Waals surface area contributed by atoms with Gasteiger partial charge in [0.15, 0.2) is 0 Å². The minimum absolute atomic E-state index is 0. The summed E-state index contributed by atoms with van der Waals surface area (Å²) >= 11 is 0. The molecule has 0 aromatic rings. The summed E-state index contributed by atoms with van der Waals surface area (Å²) < 4.78 is 0. The van der Waals surface area contributed by atoms with Gasteiger partial charge < -0.3 is 24.8 Å². The van der Waals surface area contributed by atoms with Crippen molar-refractivity contribution in [3.63, 3.8) is 0 Å². The molecule has 0 amide bonds. The van der Waals surface area contributed by atoms with Crippen molar-refractivity contribution in [2.75, 3.05) is 0 Å². The quantitative estimate of drug-likeness (QED) is 0.319. The van der Waals surface area contributed by atoms with Gasteiger partial charge in [0.2, 0.25) is 0 Å². The first kappa shape index (κ1) is 53.8. The van der Waals surface area contributed by atoms with Crippen molar-refractivity contribution in [2.45, 2.75) is 0 Å². The Morgan fingerprint density at radius 1 is 0.750 bits per heavy atom. The minimum Gasteiger partial charge on any atom is -1.00 e. The first-order valence-corrected chi connectivity index (χ1v) is 0. The van der Waals surface area contributed by atoms with E-state index in [0.717, 1.165) is 0 Å². The van der Waals surface area contributed by atoms with E-state index in [1.54, 1.807) is 0 Å². The van der Waals surface area contributed by atoms with Gasteiger partial charge >= 0.3 is 17.1 Å². The van der Waals surface area contributed by atoms with Gasteiger partial charge in [-0.2, -0.15) is 0 Å². The summed E-state index contributed by atoms with van der Waals surface area (Å²) in [7, 11) is 0. The van der Waals surface area contributed by atoms with Crippen LogP contribution in [0.3, 0.4) is 0 Å². The molecule has 0 unspecified atom stereocenters. The molecule has 33 valence electrons. The summed E-state index contributed by atoms with van der Waals surface area (Å²) in [5.74, 6) is 0. The van der Waals surface area contributed by atoms with Gasteiger partial charge in [-0.3, -0.25) is 0 Å². The van der Waals surface area contributed by atoms with Crippen molar-refractivity contribution in [3.8, 4) is 0 Å². The number of halogens is 3. The zero-order valence-electron chi connectivity index (χ0n) is 1.47. The van der Waals surface area contributed by atoms with Crippen molar-refractivity contribution >= 4 is 12.4 Å². The van der Waals surface area contributed by atoms with E-state index >= 15 is 0 Å². The summed E-state index contributed by atoms with van der Waals surface area (Å²) in [6.07, 6.45) is 0. The summed E-state index contributed by atoms with van der Waals surface area (Å²) in [5, 5.41) is 0. The summed E-state index contributed by atoms with van der Waals surface area (Å²) in [6, 6.07) is 0. The van der Waals surface area contributed by atoms with Crippen molar-refractivity contribution < 1.29 is 41.9 Å². The molecule has 0 rings (SSSR count). The third kappa shape index (κ3) is 10.0. The summed E-state index contributed by atoms with van der Waals surface area (Å²) in [5.41, 5.74) is 0. The van der Waals surface area contributed by atoms with Crippen LogP contribution in [0.2, 0.25) is 0 Å². The van der Waals surface area contributed by atoms with Gasteiger partial charge in [0.1, 0.15) is 0 Å². The fourth-order valence-corrected chi connectivity index (χ4v) is 0. The first-order chi connectivity index (χ1) is 0. The van der Waals surface area contributed by atoms with Crippen LogP contribution in [0.5, 0.6) is 0 Å². The van der Waals surface area contributed by atoms with Crippen LogP contribution in [-0.2, 0) is 17.1 Å².